The number of aryl methyl sites for hydroxylation is 1. The molecule has 100 valence electrons. The van der Waals surface area contributed by atoms with Crippen molar-refractivity contribution in [2.24, 2.45) is 11.8 Å². The predicted molar refractivity (Wildman–Crippen MR) is 78.0 cm³/mol. The van der Waals surface area contributed by atoms with Crippen LogP contribution < -0.4 is 5.32 Å². The number of anilines is 1. The van der Waals surface area contributed by atoms with E-state index in [1.165, 1.54) is 0 Å². The number of nitro groups is 1. The molecule has 0 aliphatic carbocycles. The van der Waals surface area contributed by atoms with Gasteiger partial charge in [-0.15, -0.1) is 0 Å². The van der Waals surface area contributed by atoms with Gasteiger partial charge in [0.2, 0.25) is 0 Å². The highest BCUT2D eigenvalue weighted by atomic mass is 79.9. The Hall–Kier alpha value is -1.10. The van der Waals surface area contributed by atoms with E-state index in [-0.39, 0.29) is 10.6 Å². The molecular formula is C13H19BrN2O2. The lowest BCUT2D eigenvalue weighted by atomic mass is 9.98. The molecular weight excluding hydrogens is 296 g/mol. The van der Waals surface area contributed by atoms with E-state index < -0.39 is 0 Å². The van der Waals surface area contributed by atoms with E-state index in [1.807, 2.05) is 6.07 Å². The zero-order chi connectivity index (χ0) is 13.9. The van der Waals surface area contributed by atoms with Crippen LogP contribution in [0.3, 0.4) is 0 Å². The SMILES string of the molecule is Cc1cc(NCC(C)C(C)C)c(Br)cc1[N+](=O)[O-]. The summed E-state index contributed by atoms with van der Waals surface area (Å²) in [6.07, 6.45) is 0. The molecule has 18 heavy (non-hydrogen) atoms. The third-order valence-electron chi connectivity index (χ3n) is 3.23. The molecule has 0 fully saturated rings. The van der Waals surface area contributed by atoms with E-state index in [0.717, 1.165) is 16.7 Å². The van der Waals surface area contributed by atoms with Gasteiger partial charge in [0.15, 0.2) is 0 Å². The number of hydrogen-bond donors (Lipinski definition) is 1. The monoisotopic (exact) mass is 314 g/mol. The van der Waals surface area contributed by atoms with Gasteiger partial charge < -0.3 is 5.32 Å². The summed E-state index contributed by atoms with van der Waals surface area (Å²) in [6, 6.07) is 3.37. The van der Waals surface area contributed by atoms with Gasteiger partial charge in [0.05, 0.1) is 4.92 Å². The van der Waals surface area contributed by atoms with E-state index in [1.54, 1.807) is 13.0 Å². The van der Waals surface area contributed by atoms with Gasteiger partial charge in [0.1, 0.15) is 0 Å². The zero-order valence-corrected chi connectivity index (χ0v) is 12.7. The van der Waals surface area contributed by atoms with Crippen molar-refractivity contribution >= 4 is 27.3 Å². The average Bonchev–Trinajstić information content (AvgIpc) is 2.28. The smallest absolute Gasteiger partial charge is 0.273 e. The van der Waals surface area contributed by atoms with Crippen LogP contribution in [0.15, 0.2) is 16.6 Å². The van der Waals surface area contributed by atoms with Crippen LogP contribution >= 0.6 is 15.9 Å². The Morgan fingerprint density at radius 2 is 2.00 bits per heavy atom. The van der Waals surface area contributed by atoms with Crippen LogP contribution in [-0.2, 0) is 0 Å². The molecule has 1 N–H and O–H groups in total. The first-order valence-electron chi connectivity index (χ1n) is 6.01. The summed E-state index contributed by atoms with van der Waals surface area (Å²) >= 11 is 3.37. The summed E-state index contributed by atoms with van der Waals surface area (Å²) in [7, 11) is 0. The Labute approximate surface area is 116 Å². The van der Waals surface area contributed by atoms with Gasteiger partial charge in [-0.1, -0.05) is 20.8 Å². The summed E-state index contributed by atoms with van der Waals surface area (Å²) in [5, 5.41) is 14.1. The largest absolute Gasteiger partial charge is 0.384 e. The van der Waals surface area contributed by atoms with Gasteiger partial charge >= 0.3 is 0 Å². The molecule has 0 bridgehead atoms. The second-order valence-corrected chi connectivity index (χ2v) is 5.83. The van der Waals surface area contributed by atoms with Crippen LogP contribution in [0.5, 0.6) is 0 Å². The first-order chi connectivity index (χ1) is 8.32. The van der Waals surface area contributed by atoms with E-state index in [2.05, 4.69) is 42.0 Å². The Kier molecular flexibility index (Phi) is 5.14. The van der Waals surface area contributed by atoms with Crippen molar-refractivity contribution in [1.82, 2.24) is 0 Å². The quantitative estimate of drug-likeness (QED) is 0.648. The van der Waals surface area contributed by atoms with Gasteiger partial charge in [-0.2, -0.15) is 0 Å². The molecule has 1 aromatic rings. The molecule has 0 radical (unpaired) electrons. The maximum Gasteiger partial charge on any atom is 0.273 e. The van der Waals surface area contributed by atoms with Crippen molar-refractivity contribution in [3.63, 3.8) is 0 Å². The highest BCUT2D eigenvalue weighted by Crippen LogP contribution is 2.30. The summed E-state index contributed by atoms with van der Waals surface area (Å²) in [6.45, 7) is 9.16. The minimum atomic E-state index is -0.361. The van der Waals surface area contributed by atoms with Gasteiger partial charge in [0, 0.05) is 28.3 Å². The molecule has 0 heterocycles. The van der Waals surface area contributed by atoms with Crippen LogP contribution in [0.1, 0.15) is 26.3 Å². The lowest BCUT2D eigenvalue weighted by Gasteiger charge is -2.18. The number of hydrogen-bond acceptors (Lipinski definition) is 3. The topological polar surface area (TPSA) is 55.2 Å². The van der Waals surface area contributed by atoms with Crippen molar-refractivity contribution in [3.8, 4) is 0 Å². The molecule has 0 aliphatic heterocycles. The lowest BCUT2D eigenvalue weighted by molar-refractivity contribution is -0.385. The van der Waals surface area contributed by atoms with Gasteiger partial charge in [-0.05, 0) is 40.8 Å². The van der Waals surface area contributed by atoms with Crippen molar-refractivity contribution in [2.75, 3.05) is 11.9 Å². The van der Waals surface area contributed by atoms with E-state index in [4.69, 9.17) is 0 Å². The fourth-order valence-electron chi connectivity index (χ4n) is 1.51. The van der Waals surface area contributed by atoms with Crippen molar-refractivity contribution < 1.29 is 4.92 Å². The lowest BCUT2D eigenvalue weighted by Crippen LogP contribution is -2.16. The summed E-state index contributed by atoms with van der Waals surface area (Å²) < 4.78 is 0.732. The third-order valence-corrected chi connectivity index (χ3v) is 3.89. The Morgan fingerprint density at radius 1 is 1.39 bits per heavy atom. The summed E-state index contributed by atoms with van der Waals surface area (Å²) in [4.78, 5) is 10.4. The second kappa shape index (κ2) is 6.18. The number of benzene rings is 1. The summed E-state index contributed by atoms with van der Waals surface area (Å²) in [5.41, 5.74) is 1.72. The summed E-state index contributed by atoms with van der Waals surface area (Å²) in [5.74, 6) is 1.16. The van der Waals surface area contributed by atoms with Crippen molar-refractivity contribution in [3.05, 3.63) is 32.3 Å². The highest BCUT2D eigenvalue weighted by molar-refractivity contribution is 9.10. The molecule has 1 unspecified atom stereocenters. The standard InChI is InChI=1S/C13H19BrN2O2/c1-8(2)10(4)7-15-12-5-9(3)13(16(17)18)6-11(12)14/h5-6,8,10,15H,7H2,1-4H3. The normalized spacial score (nSPS) is 12.6. The highest BCUT2D eigenvalue weighted by Gasteiger charge is 2.14. The number of nitrogens with one attached hydrogen (secondary N) is 1. The van der Waals surface area contributed by atoms with Crippen LogP contribution in [0.2, 0.25) is 0 Å². The first-order valence-corrected chi connectivity index (χ1v) is 6.80. The Bertz CT molecular complexity index is 447. The van der Waals surface area contributed by atoms with E-state index >= 15 is 0 Å². The molecule has 0 aromatic heterocycles. The first kappa shape index (κ1) is 15.0. The maximum absolute atomic E-state index is 10.8. The third kappa shape index (κ3) is 3.70. The molecule has 0 saturated heterocycles. The molecule has 5 heteroatoms. The molecule has 0 amide bonds. The van der Waals surface area contributed by atoms with E-state index in [9.17, 15) is 10.1 Å². The fraction of sp³-hybridized carbons (Fsp3) is 0.538. The Morgan fingerprint density at radius 3 is 2.50 bits per heavy atom. The van der Waals surface area contributed by atoms with Crippen LogP contribution in [0, 0.1) is 28.9 Å². The zero-order valence-electron chi connectivity index (χ0n) is 11.2. The Balaban J connectivity index is 2.85. The van der Waals surface area contributed by atoms with Crippen LogP contribution in [-0.4, -0.2) is 11.5 Å². The molecule has 0 spiro atoms. The molecule has 1 rings (SSSR count). The average molecular weight is 315 g/mol. The number of nitrogens with zero attached hydrogens (tertiary/aromatic N) is 1. The maximum atomic E-state index is 10.8. The molecule has 1 aromatic carbocycles. The van der Waals surface area contributed by atoms with E-state index in [0.29, 0.717) is 17.4 Å². The van der Waals surface area contributed by atoms with Gasteiger partial charge in [0.25, 0.3) is 5.69 Å². The van der Waals surface area contributed by atoms with Crippen molar-refractivity contribution in [2.45, 2.75) is 27.7 Å². The minimum absolute atomic E-state index is 0.143. The fourth-order valence-corrected chi connectivity index (χ4v) is 1.98. The van der Waals surface area contributed by atoms with Gasteiger partial charge in [-0.3, -0.25) is 10.1 Å². The van der Waals surface area contributed by atoms with Crippen LogP contribution in [0.4, 0.5) is 11.4 Å². The number of nitro benzene ring substituents is 1. The number of halogens is 1. The van der Waals surface area contributed by atoms with Crippen LogP contribution in [0.25, 0.3) is 0 Å². The molecule has 0 saturated carbocycles. The minimum Gasteiger partial charge on any atom is -0.384 e. The van der Waals surface area contributed by atoms with Crippen molar-refractivity contribution in [1.29, 1.82) is 0 Å². The molecule has 4 nitrogen and oxygen atoms in total. The number of rotatable bonds is 5. The molecule has 1 atom stereocenters. The second-order valence-electron chi connectivity index (χ2n) is 4.98. The van der Waals surface area contributed by atoms with Gasteiger partial charge in [-0.25, -0.2) is 0 Å². The molecule has 0 aliphatic rings. The predicted octanol–water partition coefficient (Wildman–Crippen LogP) is 4.37.